The van der Waals surface area contributed by atoms with Crippen molar-refractivity contribution >= 4 is 34.5 Å². The Bertz CT molecular complexity index is 1180. The van der Waals surface area contributed by atoms with Gasteiger partial charge in [0.1, 0.15) is 5.69 Å². The molecule has 2 N–H and O–H groups in total. The van der Waals surface area contributed by atoms with Gasteiger partial charge in [-0.25, -0.2) is 4.98 Å². The zero-order valence-corrected chi connectivity index (χ0v) is 16.7. The highest BCUT2D eigenvalue weighted by molar-refractivity contribution is 7.98. The molecule has 0 aliphatic carbocycles. The molecular formula is C23H18N4O2S. The number of benzene rings is 2. The lowest BCUT2D eigenvalue weighted by atomic mass is 10.2. The first-order valence-electron chi connectivity index (χ1n) is 9.27. The van der Waals surface area contributed by atoms with Crippen LogP contribution >= 0.6 is 11.8 Å². The second-order valence-electron chi connectivity index (χ2n) is 6.47. The number of nitrogens with zero attached hydrogens (tertiary/aromatic N) is 2. The minimum atomic E-state index is -0.474. The van der Waals surface area contributed by atoms with Crippen LogP contribution in [0.3, 0.4) is 0 Å². The number of carbonyl (C=O) groups is 2. The van der Waals surface area contributed by atoms with Gasteiger partial charge in [0.05, 0.1) is 5.52 Å². The van der Waals surface area contributed by atoms with E-state index in [1.807, 2.05) is 60.8 Å². The average molecular weight is 414 g/mol. The third-order valence-electron chi connectivity index (χ3n) is 4.37. The number of para-hydroxylation sites is 1. The van der Waals surface area contributed by atoms with Crippen molar-refractivity contribution in [2.45, 2.75) is 10.6 Å². The first-order chi connectivity index (χ1) is 14.7. The summed E-state index contributed by atoms with van der Waals surface area (Å²) in [6.45, 7) is 0. The molecule has 0 fully saturated rings. The van der Waals surface area contributed by atoms with Gasteiger partial charge < -0.3 is 0 Å². The number of pyridine rings is 2. The molecule has 148 valence electrons. The summed E-state index contributed by atoms with van der Waals surface area (Å²) in [6, 6.07) is 22.1. The number of fused-ring (bicyclic) bond motifs is 1. The van der Waals surface area contributed by atoms with Crippen molar-refractivity contribution in [1.82, 2.24) is 20.8 Å². The fraction of sp³-hybridized carbons (Fsp3) is 0.0435. The third kappa shape index (κ3) is 4.82. The fourth-order valence-electron chi connectivity index (χ4n) is 2.79. The van der Waals surface area contributed by atoms with Gasteiger partial charge in [-0.15, -0.1) is 11.8 Å². The highest BCUT2D eigenvalue weighted by Crippen LogP contribution is 2.22. The van der Waals surface area contributed by atoms with Crippen LogP contribution < -0.4 is 10.9 Å². The Morgan fingerprint density at radius 2 is 1.63 bits per heavy atom. The summed E-state index contributed by atoms with van der Waals surface area (Å²) in [5.41, 5.74) is 7.38. The predicted octanol–water partition coefficient (Wildman–Crippen LogP) is 4.00. The van der Waals surface area contributed by atoms with Crippen molar-refractivity contribution in [2.75, 3.05) is 0 Å². The Balaban J connectivity index is 1.32. The lowest BCUT2D eigenvalue weighted by Crippen LogP contribution is -2.41. The topological polar surface area (TPSA) is 84.0 Å². The largest absolute Gasteiger partial charge is 0.288 e. The minimum Gasteiger partial charge on any atom is -0.267 e. The number of hydrogen-bond donors (Lipinski definition) is 2. The molecular weight excluding hydrogens is 396 g/mol. The molecule has 4 rings (SSSR count). The van der Waals surface area contributed by atoms with Crippen molar-refractivity contribution in [3.8, 4) is 0 Å². The van der Waals surface area contributed by atoms with E-state index in [9.17, 15) is 9.59 Å². The molecule has 30 heavy (non-hydrogen) atoms. The van der Waals surface area contributed by atoms with Crippen LogP contribution in [0, 0.1) is 0 Å². The summed E-state index contributed by atoms with van der Waals surface area (Å²) >= 11 is 1.66. The van der Waals surface area contributed by atoms with Crippen LogP contribution in [-0.4, -0.2) is 21.8 Å². The second kappa shape index (κ2) is 9.19. The Hall–Kier alpha value is -3.71. The van der Waals surface area contributed by atoms with Gasteiger partial charge in [0.25, 0.3) is 11.8 Å². The summed E-state index contributed by atoms with van der Waals surface area (Å²) in [7, 11) is 0. The molecule has 2 amide bonds. The predicted molar refractivity (Wildman–Crippen MR) is 117 cm³/mol. The van der Waals surface area contributed by atoms with Gasteiger partial charge >= 0.3 is 0 Å². The molecule has 6 nitrogen and oxygen atoms in total. The summed E-state index contributed by atoms with van der Waals surface area (Å²) in [6.07, 6.45) is 3.58. The molecule has 2 heterocycles. The van der Waals surface area contributed by atoms with E-state index in [1.54, 1.807) is 36.2 Å². The van der Waals surface area contributed by atoms with E-state index in [2.05, 4.69) is 20.8 Å². The molecule has 2 aromatic carbocycles. The summed E-state index contributed by atoms with van der Waals surface area (Å²) in [5, 5.41) is 0.944. The average Bonchev–Trinajstić information content (AvgIpc) is 2.81. The first-order valence-corrected chi connectivity index (χ1v) is 10.3. The molecule has 0 bridgehead atoms. The van der Waals surface area contributed by atoms with E-state index >= 15 is 0 Å². The summed E-state index contributed by atoms with van der Waals surface area (Å²) in [4.78, 5) is 34.1. The molecule has 0 radical (unpaired) electrons. The van der Waals surface area contributed by atoms with E-state index in [0.29, 0.717) is 5.56 Å². The van der Waals surface area contributed by atoms with Crippen molar-refractivity contribution in [3.05, 3.63) is 102 Å². The summed E-state index contributed by atoms with van der Waals surface area (Å²) < 4.78 is 0. The standard InChI is InChI=1S/C23H18N4O2S/c28-22(18-7-10-19(11-8-18)30-15-16-4-3-13-24-14-16)26-27-23(29)21-12-9-17-5-1-2-6-20(17)25-21/h1-14H,15H2,(H,26,28)(H,27,29). The molecule has 7 heteroatoms. The maximum absolute atomic E-state index is 12.3. The highest BCUT2D eigenvalue weighted by atomic mass is 32.2. The molecule has 0 saturated heterocycles. The zero-order chi connectivity index (χ0) is 20.8. The molecule has 0 unspecified atom stereocenters. The van der Waals surface area contributed by atoms with Crippen molar-refractivity contribution in [3.63, 3.8) is 0 Å². The Morgan fingerprint density at radius 3 is 2.43 bits per heavy atom. The van der Waals surface area contributed by atoms with Crippen LogP contribution in [-0.2, 0) is 5.75 Å². The quantitative estimate of drug-likeness (QED) is 0.381. The molecule has 4 aromatic rings. The molecule has 0 aliphatic heterocycles. The third-order valence-corrected chi connectivity index (χ3v) is 5.45. The van der Waals surface area contributed by atoms with Crippen molar-refractivity contribution < 1.29 is 9.59 Å². The molecule has 0 aliphatic rings. The molecule has 0 atom stereocenters. The number of amides is 2. The molecule has 0 spiro atoms. The monoisotopic (exact) mass is 414 g/mol. The number of rotatable bonds is 5. The maximum atomic E-state index is 12.3. The number of thioether (sulfide) groups is 1. The molecule has 0 saturated carbocycles. The number of aromatic nitrogens is 2. The van der Waals surface area contributed by atoms with Crippen LogP contribution in [0.4, 0.5) is 0 Å². The van der Waals surface area contributed by atoms with E-state index in [0.717, 1.165) is 27.1 Å². The van der Waals surface area contributed by atoms with Crippen LogP contribution in [0.25, 0.3) is 10.9 Å². The van der Waals surface area contributed by atoms with Crippen LogP contribution in [0.2, 0.25) is 0 Å². The van der Waals surface area contributed by atoms with E-state index in [1.165, 1.54) is 0 Å². The lowest BCUT2D eigenvalue weighted by Gasteiger charge is -2.08. The van der Waals surface area contributed by atoms with Gasteiger partial charge in [0.2, 0.25) is 0 Å². The van der Waals surface area contributed by atoms with Crippen LogP contribution in [0.1, 0.15) is 26.4 Å². The Morgan fingerprint density at radius 1 is 0.833 bits per heavy atom. The van der Waals surface area contributed by atoms with Crippen molar-refractivity contribution in [1.29, 1.82) is 0 Å². The fourth-order valence-corrected chi connectivity index (χ4v) is 3.63. The van der Waals surface area contributed by atoms with E-state index in [-0.39, 0.29) is 5.69 Å². The highest BCUT2D eigenvalue weighted by Gasteiger charge is 2.11. The minimum absolute atomic E-state index is 0.233. The van der Waals surface area contributed by atoms with Crippen LogP contribution in [0.15, 0.2) is 90.1 Å². The Labute approximate surface area is 177 Å². The summed E-state index contributed by atoms with van der Waals surface area (Å²) in [5.74, 6) is -0.0699. The maximum Gasteiger partial charge on any atom is 0.288 e. The normalized spacial score (nSPS) is 10.5. The van der Waals surface area contributed by atoms with Gasteiger partial charge in [-0.05, 0) is 48.0 Å². The van der Waals surface area contributed by atoms with Gasteiger partial charge in [0, 0.05) is 34.0 Å². The van der Waals surface area contributed by atoms with Crippen LogP contribution in [0.5, 0.6) is 0 Å². The van der Waals surface area contributed by atoms with Gasteiger partial charge in [-0.2, -0.15) is 0 Å². The number of nitrogens with one attached hydrogen (secondary N) is 2. The van der Waals surface area contributed by atoms with Gasteiger partial charge in [-0.1, -0.05) is 30.3 Å². The van der Waals surface area contributed by atoms with Crippen molar-refractivity contribution in [2.24, 2.45) is 0 Å². The zero-order valence-electron chi connectivity index (χ0n) is 15.9. The van der Waals surface area contributed by atoms with E-state index < -0.39 is 11.8 Å². The SMILES string of the molecule is O=C(NNC(=O)c1ccc2ccccc2n1)c1ccc(SCc2cccnc2)cc1. The first kappa shape index (κ1) is 19.6. The number of hydrazine groups is 1. The molecule has 2 aromatic heterocycles. The van der Waals surface area contributed by atoms with Gasteiger partial charge in [0.15, 0.2) is 0 Å². The number of carbonyl (C=O) groups excluding carboxylic acids is 2. The second-order valence-corrected chi connectivity index (χ2v) is 7.52. The van der Waals surface area contributed by atoms with Gasteiger partial charge in [-0.3, -0.25) is 25.4 Å². The Kier molecular flexibility index (Phi) is 6.01. The van der Waals surface area contributed by atoms with E-state index in [4.69, 9.17) is 0 Å². The smallest absolute Gasteiger partial charge is 0.267 e. The lowest BCUT2D eigenvalue weighted by molar-refractivity contribution is 0.0844. The number of hydrogen-bond acceptors (Lipinski definition) is 5.